The summed E-state index contributed by atoms with van der Waals surface area (Å²) in [7, 11) is 0. The van der Waals surface area contributed by atoms with Crippen LogP contribution in [-0.4, -0.2) is 11.8 Å². The zero-order valence-corrected chi connectivity index (χ0v) is 6.74. The summed E-state index contributed by atoms with van der Waals surface area (Å²) in [6.45, 7) is 3.37. The minimum Gasteiger partial charge on any atom is -0.229 e. The predicted molar refractivity (Wildman–Crippen MR) is 41.9 cm³/mol. The molecule has 0 aromatic rings. The predicted octanol–water partition coefficient (Wildman–Crippen LogP) is 3.33. The number of hydrogen-bond donors (Lipinski definition) is 0. The van der Waals surface area contributed by atoms with Gasteiger partial charge in [0.2, 0.25) is 5.67 Å². The second-order valence-corrected chi connectivity index (χ2v) is 2.81. The van der Waals surface area contributed by atoms with E-state index in [1.54, 1.807) is 0 Å². The lowest BCUT2D eigenvalue weighted by Gasteiger charge is -2.25. The summed E-state index contributed by atoms with van der Waals surface area (Å²) in [6.07, 6.45) is -1.33. The highest BCUT2D eigenvalue weighted by atomic mass is 19.4. The van der Waals surface area contributed by atoms with Crippen molar-refractivity contribution in [3.8, 4) is 0 Å². The zero-order chi connectivity index (χ0) is 10.1. The van der Waals surface area contributed by atoms with Crippen LogP contribution < -0.4 is 0 Å². The third-order valence-corrected chi connectivity index (χ3v) is 1.88. The molecule has 0 saturated carbocycles. The molecule has 0 N–H and O–H groups in total. The van der Waals surface area contributed by atoms with Gasteiger partial charge in [-0.05, 0) is 11.6 Å². The van der Waals surface area contributed by atoms with Crippen LogP contribution in [0.4, 0.5) is 17.6 Å². The average Bonchev–Trinajstić information content (AvgIpc) is 2.04. The molecule has 1 aliphatic rings. The lowest BCUT2D eigenvalue weighted by atomic mass is 9.93. The Kier molecular flexibility index (Phi) is 2.32. The highest BCUT2D eigenvalue weighted by Crippen LogP contribution is 2.40. The van der Waals surface area contributed by atoms with Gasteiger partial charge >= 0.3 is 6.18 Å². The molecule has 1 aliphatic carbocycles. The largest absolute Gasteiger partial charge is 0.426 e. The fraction of sp³-hybridized carbons (Fsp3) is 0.333. The highest BCUT2D eigenvalue weighted by molar-refractivity contribution is 5.35. The van der Waals surface area contributed by atoms with E-state index in [2.05, 4.69) is 6.58 Å². The molecule has 0 radical (unpaired) electrons. The Hall–Kier alpha value is -1.06. The van der Waals surface area contributed by atoms with Crippen molar-refractivity contribution >= 4 is 0 Å². The molecule has 13 heavy (non-hydrogen) atoms. The van der Waals surface area contributed by atoms with E-state index in [0.717, 1.165) is 6.08 Å². The summed E-state index contributed by atoms with van der Waals surface area (Å²) >= 11 is 0. The van der Waals surface area contributed by atoms with Gasteiger partial charge in [0.05, 0.1) is 0 Å². The molecule has 0 bridgehead atoms. The third-order valence-electron chi connectivity index (χ3n) is 1.88. The molecule has 1 unspecified atom stereocenters. The van der Waals surface area contributed by atoms with Crippen LogP contribution in [0.2, 0.25) is 0 Å². The third kappa shape index (κ3) is 1.82. The van der Waals surface area contributed by atoms with Gasteiger partial charge < -0.3 is 0 Å². The maximum absolute atomic E-state index is 13.1. The van der Waals surface area contributed by atoms with Gasteiger partial charge in [0, 0.05) is 6.42 Å². The summed E-state index contributed by atoms with van der Waals surface area (Å²) in [5, 5.41) is 0. The van der Waals surface area contributed by atoms with Crippen molar-refractivity contribution in [3.05, 3.63) is 36.5 Å². The second-order valence-electron chi connectivity index (χ2n) is 2.81. The number of rotatable bonds is 1. The lowest BCUT2D eigenvalue weighted by Crippen LogP contribution is -2.39. The molecule has 0 fully saturated rings. The van der Waals surface area contributed by atoms with Gasteiger partial charge in [-0.25, -0.2) is 4.39 Å². The summed E-state index contributed by atoms with van der Waals surface area (Å²) in [6, 6.07) is 0. The van der Waals surface area contributed by atoms with E-state index >= 15 is 0 Å². The van der Waals surface area contributed by atoms with Crippen molar-refractivity contribution in [2.75, 3.05) is 0 Å². The SMILES string of the molecule is C=CC1=CCC(F)(C(F)(F)F)C=C1. The molecule has 0 nitrogen and oxygen atoms in total. The lowest BCUT2D eigenvalue weighted by molar-refractivity contribution is -0.211. The normalized spacial score (nSPS) is 28.5. The van der Waals surface area contributed by atoms with Gasteiger partial charge in [0.1, 0.15) is 0 Å². The Morgan fingerprint density at radius 2 is 2.08 bits per heavy atom. The van der Waals surface area contributed by atoms with Gasteiger partial charge in [-0.1, -0.05) is 24.8 Å². The fourth-order valence-corrected chi connectivity index (χ4v) is 0.992. The smallest absolute Gasteiger partial charge is 0.229 e. The zero-order valence-electron chi connectivity index (χ0n) is 6.74. The summed E-state index contributed by atoms with van der Waals surface area (Å²) in [4.78, 5) is 0. The van der Waals surface area contributed by atoms with Gasteiger partial charge in [0.15, 0.2) is 0 Å². The minimum atomic E-state index is -4.84. The molecule has 0 aromatic heterocycles. The van der Waals surface area contributed by atoms with Crippen LogP contribution >= 0.6 is 0 Å². The molecule has 0 saturated heterocycles. The van der Waals surface area contributed by atoms with E-state index in [1.807, 2.05) is 0 Å². The standard InChI is InChI=1S/C9H8F4/c1-2-7-3-5-8(10,6-4-7)9(11,12)13/h2-5H,1,6H2. The van der Waals surface area contributed by atoms with Crippen LogP contribution in [0.5, 0.6) is 0 Å². The van der Waals surface area contributed by atoms with E-state index < -0.39 is 18.3 Å². The quantitative estimate of drug-likeness (QED) is 0.559. The first-order valence-corrected chi connectivity index (χ1v) is 3.66. The van der Waals surface area contributed by atoms with Crippen molar-refractivity contribution in [2.24, 2.45) is 0 Å². The highest BCUT2D eigenvalue weighted by Gasteiger charge is 2.53. The van der Waals surface area contributed by atoms with Crippen LogP contribution in [0.25, 0.3) is 0 Å². The van der Waals surface area contributed by atoms with Crippen LogP contribution in [0.3, 0.4) is 0 Å². The number of alkyl halides is 4. The Bertz CT molecular complexity index is 272. The average molecular weight is 192 g/mol. The van der Waals surface area contributed by atoms with Gasteiger partial charge in [0.25, 0.3) is 0 Å². The van der Waals surface area contributed by atoms with Gasteiger partial charge in [-0.3, -0.25) is 0 Å². The van der Waals surface area contributed by atoms with E-state index in [0.29, 0.717) is 11.6 Å². The molecule has 0 spiro atoms. The first-order chi connectivity index (χ1) is 5.89. The molecule has 0 aromatic carbocycles. The van der Waals surface area contributed by atoms with E-state index in [4.69, 9.17) is 0 Å². The first kappa shape index (κ1) is 10.0. The Labute approximate surface area is 73.2 Å². The molecule has 0 heterocycles. The summed E-state index contributed by atoms with van der Waals surface area (Å²) < 4.78 is 49.3. The summed E-state index contributed by atoms with van der Waals surface area (Å²) in [5.41, 5.74) is -2.70. The van der Waals surface area contributed by atoms with Crippen molar-refractivity contribution in [1.82, 2.24) is 0 Å². The molecule has 0 aliphatic heterocycles. The first-order valence-electron chi connectivity index (χ1n) is 3.66. The fourth-order valence-electron chi connectivity index (χ4n) is 0.992. The summed E-state index contributed by atoms with van der Waals surface area (Å²) in [5.74, 6) is 0. The van der Waals surface area contributed by atoms with Crippen molar-refractivity contribution < 1.29 is 17.6 Å². The maximum atomic E-state index is 13.1. The van der Waals surface area contributed by atoms with Gasteiger partial charge in [-0.15, -0.1) is 0 Å². The minimum absolute atomic E-state index is 0.512. The van der Waals surface area contributed by atoms with Crippen molar-refractivity contribution in [1.29, 1.82) is 0 Å². The van der Waals surface area contributed by atoms with Crippen LogP contribution in [0.1, 0.15) is 6.42 Å². The second kappa shape index (κ2) is 3.01. The molecule has 4 heteroatoms. The Morgan fingerprint density at radius 3 is 2.38 bits per heavy atom. The number of allylic oxidation sites excluding steroid dienone is 5. The monoisotopic (exact) mass is 192 g/mol. The topological polar surface area (TPSA) is 0 Å². The van der Waals surface area contributed by atoms with Crippen molar-refractivity contribution in [2.45, 2.75) is 18.3 Å². The van der Waals surface area contributed by atoms with Gasteiger partial charge in [-0.2, -0.15) is 13.2 Å². The Morgan fingerprint density at radius 1 is 1.46 bits per heavy atom. The van der Waals surface area contributed by atoms with Crippen LogP contribution in [0, 0.1) is 0 Å². The number of hydrogen-bond acceptors (Lipinski definition) is 0. The van der Waals surface area contributed by atoms with Crippen LogP contribution in [-0.2, 0) is 0 Å². The molecular weight excluding hydrogens is 184 g/mol. The van der Waals surface area contributed by atoms with E-state index in [9.17, 15) is 17.6 Å². The molecule has 1 atom stereocenters. The maximum Gasteiger partial charge on any atom is 0.426 e. The number of halogens is 4. The Balaban J connectivity index is 2.87. The molecule has 1 rings (SSSR count). The van der Waals surface area contributed by atoms with Crippen LogP contribution in [0.15, 0.2) is 36.5 Å². The van der Waals surface area contributed by atoms with E-state index in [-0.39, 0.29) is 0 Å². The molecule has 0 amide bonds. The van der Waals surface area contributed by atoms with E-state index in [1.165, 1.54) is 12.2 Å². The molecule has 72 valence electrons. The molecular formula is C9H8F4. The van der Waals surface area contributed by atoms with Crippen molar-refractivity contribution in [3.63, 3.8) is 0 Å².